The number of nitrogens with zero attached hydrogens (tertiary/aromatic N) is 4. The molecule has 1 amide bonds. The number of nitrogens with one attached hydrogen (secondary N) is 2. The summed E-state index contributed by atoms with van der Waals surface area (Å²) in [6, 6.07) is 6.90. The minimum absolute atomic E-state index is 0.173. The highest BCUT2D eigenvalue weighted by Crippen LogP contribution is 2.21. The van der Waals surface area contributed by atoms with Crippen LogP contribution < -0.4 is 11.1 Å². The predicted molar refractivity (Wildman–Crippen MR) is 74.1 cm³/mol. The number of benzene rings is 1. The van der Waals surface area contributed by atoms with Gasteiger partial charge in [-0.05, 0) is 39.3 Å². The number of tetrazole rings is 1. The van der Waals surface area contributed by atoms with Gasteiger partial charge in [0.2, 0.25) is 11.7 Å². The molecule has 0 unspecified atom stereocenters. The molecule has 8 nitrogen and oxygen atoms in total. The minimum Gasteiger partial charge on any atom is -0.366 e. The summed E-state index contributed by atoms with van der Waals surface area (Å²) in [6.07, 6.45) is 1.42. The standard InChI is InChI=1S/C11H8BrN7O/c12-9-2-1-7(3-8(9)10(14)20)15-5-6(4-13)11-16-18-19-17-11/h1-3,5,15H,(H2,14,20)(H,16,17,18,19). The number of anilines is 1. The van der Waals surface area contributed by atoms with Crippen LogP contribution in [0.15, 0.2) is 28.9 Å². The van der Waals surface area contributed by atoms with Crippen LogP contribution in [0.1, 0.15) is 16.2 Å². The summed E-state index contributed by atoms with van der Waals surface area (Å²) in [4.78, 5) is 11.2. The van der Waals surface area contributed by atoms with Gasteiger partial charge < -0.3 is 11.1 Å². The number of nitriles is 1. The number of allylic oxidation sites excluding steroid dienone is 1. The second kappa shape index (κ2) is 5.94. The molecular formula is C11H8BrN7O. The number of nitrogens with two attached hydrogens (primary N) is 1. The van der Waals surface area contributed by atoms with E-state index in [0.29, 0.717) is 15.7 Å². The van der Waals surface area contributed by atoms with Crippen molar-refractivity contribution >= 4 is 33.1 Å². The normalized spacial score (nSPS) is 10.9. The number of carbonyl (C=O) groups is 1. The molecule has 1 heterocycles. The van der Waals surface area contributed by atoms with Crippen molar-refractivity contribution in [2.24, 2.45) is 5.73 Å². The Morgan fingerprint density at radius 1 is 1.55 bits per heavy atom. The molecule has 0 fully saturated rings. The quantitative estimate of drug-likeness (QED) is 0.715. The fourth-order valence-corrected chi connectivity index (χ4v) is 1.82. The minimum atomic E-state index is -0.553. The molecule has 0 atom stereocenters. The van der Waals surface area contributed by atoms with Gasteiger partial charge in [0, 0.05) is 16.4 Å². The third kappa shape index (κ3) is 2.99. The molecule has 2 rings (SSSR count). The highest BCUT2D eigenvalue weighted by molar-refractivity contribution is 9.10. The fourth-order valence-electron chi connectivity index (χ4n) is 1.38. The van der Waals surface area contributed by atoms with Crippen molar-refractivity contribution in [3.8, 4) is 6.07 Å². The van der Waals surface area contributed by atoms with E-state index in [4.69, 9.17) is 11.0 Å². The number of hydrogen-bond acceptors (Lipinski definition) is 6. The van der Waals surface area contributed by atoms with Gasteiger partial charge in [-0.3, -0.25) is 4.79 Å². The van der Waals surface area contributed by atoms with E-state index in [-0.39, 0.29) is 11.4 Å². The second-order valence-corrected chi connectivity index (χ2v) is 4.46. The molecule has 1 aromatic carbocycles. The number of aromatic nitrogens is 4. The van der Waals surface area contributed by atoms with Crippen LogP contribution in [0.5, 0.6) is 0 Å². The predicted octanol–water partition coefficient (Wildman–Crippen LogP) is 1.04. The molecule has 0 saturated carbocycles. The zero-order valence-electron chi connectivity index (χ0n) is 9.96. The molecule has 0 aliphatic heterocycles. The molecule has 4 N–H and O–H groups in total. The summed E-state index contributed by atoms with van der Waals surface area (Å²) in [6.45, 7) is 0. The Morgan fingerprint density at radius 2 is 2.35 bits per heavy atom. The van der Waals surface area contributed by atoms with Gasteiger partial charge in [0.15, 0.2) is 0 Å². The number of H-pyrrole nitrogens is 1. The van der Waals surface area contributed by atoms with E-state index in [2.05, 4.69) is 41.9 Å². The maximum atomic E-state index is 11.2. The van der Waals surface area contributed by atoms with Gasteiger partial charge in [-0.25, -0.2) is 0 Å². The molecule has 0 bridgehead atoms. The molecule has 2 aromatic rings. The Balaban J connectivity index is 2.25. The maximum absolute atomic E-state index is 11.2. The SMILES string of the molecule is N#CC(=CNc1ccc(Br)c(C(N)=O)c1)c1nn[nH]n1. The van der Waals surface area contributed by atoms with E-state index in [9.17, 15) is 4.79 Å². The molecule has 0 spiro atoms. The first-order valence-electron chi connectivity index (χ1n) is 5.32. The number of aromatic amines is 1. The number of hydrogen-bond donors (Lipinski definition) is 3. The fraction of sp³-hybridized carbons (Fsp3) is 0. The van der Waals surface area contributed by atoms with Crippen LogP contribution in [0.2, 0.25) is 0 Å². The smallest absolute Gasteiger partial charge is 0.249 e. The van der Waals surface area contributed by atoms with Crippen molar-refractivity contribution in [1.29, 1.82) is 5.26 Å². The molecule has 0 aliphatic rings. The lowest BCUT2D eigenvalue weighted by Gasteiger charge is -2.05. The van der Waals surface area contributed by atoms with Gasteiger partial charge in [-0.15, -0.1) is 10.2 Å². The van der Waals surface area contributed by atoms with Crippen LogP contribution in [0.3, 0.4) is 0 Å². The summed E-state index contributed by atoms with van der Waals surface area (Å²) in [5.41, 5.74) is 6.37. The largest absolute Gasteiger partial charge is 0.366 e. The number of primary amides is 1. The van der Waals surface area contributed by atoms with Crippen molar-refractivity contribution in [1.82, 2.24) is 20.6 Å². The summed E-state index contributed by atoms with van der Waals surface area (Å²) in [5.74, 6) is -0.379. The average Bonchev–Trinajstić information content (AvgIpc) is 2.95. The van der Waals surface area contributed by atoms with Gasteiger partial charge in [-0.1, -0.05) is 0 Å². The molecule has 9 heteroatoms. The Morgan fingerprint density at radius 3 is 2.95 bits per heavy atom. The molecule has 100 valence electrons. The lowest BCUT2D eigenvalue weighted by Crippen LogP contribution is -2.11. The van der Waals surface area contributed by atoms with Crippen LogP contribution in [0, 0.1) is 11.3 Å². The van der Waals surface area contributed by atoms with E-state index < -0.39 is 5.91 Å². The van der Waals surface area contributed by atoms with Crippen molar-refractivity contribution in [2.45, 2.75) is 0 Å². The molecular weight excluding hydrogens is 326 g/mol. The first kappa shape index (κ1) is 13.7. The lowest BCUT2D eigenvalue weighted by atomic mass is 10.2. The Labute approximate surface area is 121 Å². The topological polar surface area (TPSA) is 133 Å². The molecule has 1 aromatic heterocycles. The van der Waals surface area contributed by atoms with E-state index in [1.54, 1.807) is 18.2 Å². The number of carbonyl (C=O) groups excluding carboxylic acids is 1. The van der Waals surface area contributed by atoms with Crippen molar-refractivity contribution < 1.29 is 4.79 Å². The molecule has 0 saturated heterocycles. The summed E-state index contributed by atoms with van der Waals surface area (Å²) in [5, 5.41) is 24.9. The first-order valence-corrected chi connectivity index (χ1v) is 6.11. The Bertz CT molecular complexity index is 702. The molecule has 20 heavy (non-hydrogen) atoms. The zero-order chi connectivity index (χ0) is 14.5. The van der Waals surface area contributed by atoms with E-state index in [1.807, 2.05) is 6.07 Å². The summed E-state index contributed by atoms with van der Waals surface area (Å²) >= 11 is 3.23. The van der Waals surface area contributed by atoms with Crippen molar-refractivity contribution in [3.63, 3.8) is 0 Å². The third-order valence-electron chi connectivity index (χ3n) is 2.32. The highest BCUT2D eigenvalue weighted by atomic mass is 79.9. The maximum Gasteiger partial charge on any atom is 0.249 e. The lowest BCUT2D eigenvalue weighted by molar-refractivity contribution is 0.0999. The summed E-state index contributed by atoms with van der Waals surface area (Å²) in [7, 11) is 0. The summed E-state index contributed by atoms with van der Waals surface area (Å²) < 4.78 is 0.596. The van der Waals surface area contributed by atoms with Crippen LogP contribution >= 0.6 is 15.9 Å². The highest BCUT2D eigenvalue weighted by Gasteiger charge is 2.08. The van der Waals surface area contributed by atoms with Crippen LogP contribution in [-0.2, 0) is 0 Å². The van der Waals surface area contributed by atoms with Crippen molar-refractivity contribution in [3.05, 3.63) is 40.3 Å². The average molecular weight is 334 g/mol. The Hall–Kier alpha value is -2.73. The third-order valence-corrected chi connectivity index (χ3v) is 3.01. The van der Waals surface area contributed by atoms with Gasteiger partial charge >= 0.3 is 0 Å². The van der Waals surface area contributed by atoms with Crippen LogP contribution in [0.25, 0.3) is 5.57 Å². The van der Waals surface area contributed by atoms with E-state index in [1.165, 1.54) is 6.20 Å². The molecule has 0 aliphatic carbocycles. The second-order valence-electron chi connectivity index (χ2n) is 3.61. The van der Waals surface area contributed by atoms with Gasteiger partial charge in [0.1, 0.15) is 11.6 Å². The van der Waals surface area contributed by atoms with Gasteiger partial charge in [0.25, 0.3) is 0 Å². The monoisotopic (exact) mass is 333 g/mol. The zero-order valence-corrected chi connectivity index (χ0v) is 11.5. The number of amides is 1. The van der Waals surface area contributed by atoms with Gasteiger partial charge in [0.05, 0.1) is 5.56 Å². The van der Waals surface area contributed by atoms with E-state index in [0.717, 1.165) is 0 Å². The Kier molecular flexibility index (Phi) is 4.07. The van der Waals surface area contributed by atoms with Gasteiger partial charge in [-0.2, -0.15) is 10.5 Å². The molecule has 0 radical (unpaired) electrons. The first-order chi connectivity index (χ1) is 9.61. The number of rotatable bonds is 4. The van der Waals surface area contributed by atoms with E-state index >= 15 is 0 Å². The number of halogens is 1. The van der Waals surface area contributed by atoms with Crippen LogP contribution in [0.4, 0.5) is 5.69 Å². The van der Waals surface area contributed by atoms with Crippen molar-refractivity contribution in [2.75, 3.05) is 5.32 Å². The van der Waals surface area contributed by atoms with Crippen LogP contribution in [-0.4, -0.2) is 26.5 Å².